The summed E-state index contributed by atoms with van der Waals surface area (Å²) in [5, 5.41) is 3.05. The zero-order chi connectivity index (χ0) is 55.7. The molecule has 0 aliphatic rings. The summed E-state index contributed by atoms with van der Waals surface area (Å²) in [6.45, 7) is 6.99. The molecule has 0 aromatic rings. The van der Waals surface area contributed by atoms with Crippen LogP contribution in [0.1, 0.15) is 297 Å². The van der Waals surface area contributed by atoms with E-state index < -0.39 is 20.0 Å². The topological polar surface area (TPSA) is 111 Å². The smallest absolute Gasteiger partial charge is 0.456 e. The van der Waals surface area contributed by atoms with Gasteiger partial charge in [-0.2, -0.15) is 0 Å². The summed E-state index contributed by atoms with van der Waals surface area (Å²) in [5.74, 6) is -0.514. The standard InChI is InChI=1S/C66H123N2O7P/c1-7-10-13-16-19-22-25-27-29-31-32-33-34-35-36-37-39-41-44-47-50-53-56-59-66(70)75-64(57-54-51-48-45-42-24-21-18-15-12-9-3)63(62-74-76(71,72)73-61-60-68(4,5)6)67-65(69)58-55-52-49-46-43-40-38-30-28-26-23-20-17-14-11-8-2/h19,22,27,29-30,32-33,38,54,57,63-64H,7-18,20-21,23-26,28,31,34-37,39-53,55-56,58-62H2,1-6H3,(H-,67,69,71,72)/p+1/b22-19-,29-27-,33-32-,38-30+,57-54-. The molecule has 0 saturated heterocycles. The van der Waals surface area contributed by atoms with Crippen molar-refractivity contribution in [3.8, 4) is 0 Å². The zero-order valence-electron chi connectivity index (χ0n) is 50.7. The first-order valence-corrected chi connectivity index (χ1v) is 33.6. The first kappa shape index (κ1) is 73.7. The number of likely N-dealkylation sites (N-methyl/N-ethyl adjacent to an activating group) is 1. The SMILES string of the molecule is CCCCC/C=C\C/C=C\C/C=C\CCCCCCCCCCCCC(=O)OC(/C=C\CCCCCCCCCCC)C(COP(=O)(O)OCC[N+](C)(C)C)NC(=O)CCCCCCC/C=C/CCCCCCCCC. The number of nitrogens with one attached hydrogen (secondary N) is 1. The van der Waals surface area contributed by atoms with Crippen molar-refractivity contribution in [2.45, 2.75) is 309 Å². The summed E-state index contributed by atoms with van der Waals surface area (Å²) in [6, 6.07) is -0.854. The number of carbonyl (C=O) groups excluding carboxylic acids is 2. The van der Waals surface area contributed by atoms with Crippen LogP contribution in [0.5, 0.6) is 0 Å². The molecule has 3 atom stereocenters. The van der Waals surface area contributed by atoms with E-state index in [1.54, 1.807) is 0 Å². The zero-order valence-corrected chi connectivity index (χ0v) is 51.6. The highest BCUT2D eigenvalue weighted by Crippen LogP contribution is 2.43. The second kappa shape index (κ2) is 56.0. The number of hydrogen-bond donors (Lipinski definition) is 2. The minimum Gasteiger partial charge on any atom is -0.456 e. The molecule has 0 heterocycles. The van der Waals surface area contributed by atoms with Crippen LogP contribution in [0.25, 0.3) is 0 Å². The maximum atomic E-state index is 13.5. The molecule has 10 heteroatoms. The molecule has 0 rings (SSSR count). The average molecular weight is 1090 g/mol. The fourth-order valence-corrected chi connectivity index (χ4v) is 9.91. The summed E-state index contributed by atoms with van der Waals surface area (Å²) in [6.07, 6.45) is 70.7. The van der Waals surface area contributed by atoms with E-state index in [4.69, 9.17) is 13.8 Å². The number of allylic oxidation sites excluding steroid dienone is 9. The van der Waals surface area contributed by atoms with Gasteiger partial charge in [-0.3, -0.25) is 18.6 Å². The van der Waals surface area contributed by atoms with Crippen LogP contribution in [0.3, 0.4) is 0 Å². The third-order valence-electron chi connectivity index (χ3n) is 14.2. The molecular weight excluding hydrogens is 964 g/mol. The Labute approximate surface area is 471 Å². The van der Waals surface area contributed by atoms with Gasteiger partial charge in [0.1, 0.15) is 19.3 Å². The van der Waals surface area contributed by atoms with Gasteiger partial charge in [-0.1, -0.05) is 249 Å². The fraction of sp³-hybridized carbons (Fsp3) is 0.818. The highest BCUT2D eigenvalue weighted by Gasteiger charge is 2.30. The summed E-state index contributed by atoms with van der Waals surface area (Å²) < 4.78 is 30.7. The Balaban J connectivity index is 5.15. The van der Waals surface area contributed by atoms with E-state index in [0.717, 1.165) is 89.9 Å². The number of ether oxygens (including phenoxy) is 1. The number of quaternary nitrogens is 1. The van der Waals surface area contributed by atoms with Crippen molar-refractivity contribution in [2.75, 3.05) is 40.9 Å². The number of rotatable bonds is 58. The maximum Gasteiger partial charge on any atom is 0.472 e. The molecule has 76 heavy (non-hydrogen) atoms. The highest BCUT2D eigenvalue weighted by molar-refractivity contribution is 7.47. The van der Waals surface area contributed by atoms with Crippen LogP contribution in [0.15, 0.2) is 60.8 Å². The number of nitrogens with zero attached hydrogens (tertiary/aromatic N) is 1. The van der Waals surface area contributed by atoms with E-state index >= 15 is 0 Å². The van der Waals surface area contributed by atoms with Gasteiger partial charge in [-0.15, -0.1) is 0 Å². The number of phosphoric ester groups is 1. The van der Waals surface area contributed by atoms with Crippen molar-refractivity contribution in [3.63, 3.8) is 0 Å². The molecule has 444 valence electrons. The third kappa shape index (κ3) is 56.4. The highest BCUT2D eigenvalue weighted by atomic mass is 31.2. The molecule has 2 N–H and O–H groups in total. The average Bonchev–Trinajstić information content (AvgIpc) is 3.38. The number of unbranched alkanes of at least 4 members (excludes halogenated alkanes) is 34. The molecule has 0 spiro atoms. The van der Waals surface area contributed by atoms with Gasteiger partial charge in [-0.05, 0) is 96.0 Å². The Morgan fingerprint density at radius 1 is 0.461 bits per heavy atom. The lowest BCUT2D eigenvalue weighted by Crippen LogP contribution is -2.47. The van der Waals surface area contributed by atoms with Gasteiger partial charge < -0.3 is 19.4 Å². The van der Waals surface area contributed by atoms with Gasteiger partial charge in [0.2, 0.25) is 5.91 Å². The molecule has 0 bridgehead atoms. The quantitative estimate of drug-likeness (QED) is 0.0205. The van der Waals surface area contributed by atoms with Crippen LogP contribution in [0.2, 0.25) is 0 Å². The van der Waals surface area contributed by atoms with Crippen molar-refractivity contribution in [2.24, 2.45) is 0 Å². The summed E-state index contributed by atoms with van der Waals surface area (Å²) >= 11 is 0. The molecule has 0 aliphatic heterocycles. The van der Waals surface area contributed by atoms with Crippen molar-refractivity contribution in [1.29, 1.82) is 0 Å². The Hall–Kier alpha value is -2.29. The van der Waals surface area contributed by atoms with Crippen LogP contribution in [-0.4, -0.2) is 74.3 Å². The Kier molecular flexibility index (Phi) is 54.3. The van der Waals surface area contributed by atoms with E-state index in [0.29, 0.717) is 17.4 Å². The molecule has 0 aromatic carbocycles. The van der Waals surface area contributed by atoms with Crippen LogP contribution in [0.4, 0.5) is 0 Å². The predicted octanol–water partition coefficient (Wildman–Crippen LogP) is 19.8. The van der Waals surface area contributed by atoms with Gasteiger partial charge >= 0.3 is 13.8 Å². The van der Waals surface area contributed by atoms with Gasteiger partial charge in [-0.25, -0.2) is 4.57 Å². The molecule has 0 aromatic heterocycles. The Morgan fingerprint density at radius 2 is 0.803 bits per heavy atom. The van der Waals surface area contributed by atoms with Crippen molar-refractivity contribution < 1.29 is 37.3 Å². The van der Waals surface area contributed by atoms with Gasteiger partial charge in [0.25, 0.3) is 0 Å². The largest absolute Gasteiger partial charge is 0.472 e. The molecule has 9 nitrogen and oxygen atoms in total. The monoisotopic (exact) mass is 1090 g/mol. The second-order valence-electron chi connectivity index (χ2n) is 22.9. The lowest BCUT2D eigenvalue weighted by molar-refractivity contribution is -0.870. The minimum absolute atomic E-state index is 0.0374. The first-order chi connectivity index (χ1) is 36.9. The Bertz CT molecular complexity index is 1490. The van der Waals surface area contributed by atoms with Gasteiger partial charge in [0, 0.05) is 12.8 Å². The van der Waals surface area contributed by atoms with E-state index in [2.05, 4.69) is 74.7 Å². The van der Waals surface area contributed by atoms with Crippen molar-refractivity contribution in [1.82, 2.24) is 5.32 Å². The van der Waals surface area contributed by atoms with Crippen LogP contribution in [0, 0.1) is 0 Å². The molecule has 0 saturated carbocycles. The number of amides is 1. The number of hydrogen-bond acceptors (Lipinski definition) is 6. The van der Waals surface area contributed by atoms with Gasteiger partial charge in [0.15, 0.2) is 0 Å². The summed E-state index contributed by atoms with van der Waals surface area (Å²) in [5.41, 5.74) is 0. The number of esters is 1. The molecule has 1 amide bonds. The molecule has 0 radical (unpaired) electrons. The normalized spacial score (nSPS) is 14.0. The fourth-order valence-electron chi connectivity index (χ4n) is 9.18. The van der Waals surface area contributed by atoms with E-state index in [9.17, 15) is 19.0 Å². The van der Waals surface area contributed by atoms with E-state index in [1.165, 1.54) is 173 Å². The van der Waals surface area contributed by atoms with Crippen LogP contribution >= 0.6 is 7.82 Å². The van der Waals surface area contributed by atoms with Crippen LogP contribution < -0.4 is 5.32 Å². The molecule has 3 unspecified atom stereocenters. The Morgan fingerprint density at radius 3 is 1.24 bits per heavy atom. The van der Waals surface area contributed by atoms with Gasteiger partial charge in [0.05, 0.1) is 33.8 Å². The summed E-state index contributed by atoms with van der Waals surface area (Å²) in [7, 11) is 1.49. The lowest BCUT2D eigenvalue weighted by Gasteiger charge is -2.27. The minimum atomic E-state index is -4.45. The van der Waals surface area contributed by atoms with Crippen LogP contribution in [-0.2, 0) is 27.9 Å². The lowest BCUT2D eigenvalue weighted by atomic mass is 10.0. The molecule has 0 aliphatic carbocycles. The molecular formula is C66H124N2O7P+. The summed E-state index contributed by atoms with van der Waals surface area (Å²) in [4.78, 5) is 37.7. The number of carbonyl (C=O) groups is 2. The maximum absolute atomic E-state index is 13.5. The van der Waals surface area contributed by atoms with E-state index in [1.807, 2.05) is 33.3 Å². The predicted molar refractivity (Wildman–Crippen MR) is 328 cm³/mol. The first-order valence-electron chi connectivity index (χ1n) is 32.1. The van der Waals surface area contributed by atoms with Crippen molar-refractivity contribution >= 4 is 19.7 Å². The third-order valence-corrected chi connectivity index (χ3v) is 15.2. The van der Waals surface area contributed by atoms with Crippen molar-refractivity contribution in [3.05, 3.63) is 60.8 Å². The number of phosphoric acid groups is 1. The second-order valence-corrected chi connectivity index (χ2v) is 24.4. The van der Waals surface area contributed by atoms with E-state index in [-0.39, 0.29) is 31.5 Å². The molecule has 0 fully saturated rings.